The van der Waals surface area contributed by atoms with E-state index in [0.717, 1.165) is 10.9 Å². The van der Waals surface area contributed by atoms with Gasteiger partial charge in [-0.15, -0.1) is 10.2 Å². The number of ketones is 1. The number of thioether (sulfide) groups is 1. The van der Waals surface area contributed by atoms with Crippen LogP contribution in [0.3, 0.4) is 0 Å². The number of nitrogens with zero attached hydrogens (tertiary/aromatic N) is 3. The molecule has 6 rings (SSSR count). The minimum Gasteiger partial charge on any atom is -0.503 e. The number of aliphatic hydroxyl groups excluding tert-OH is 1. The van der Waals surface area contributed by atoms with Crippen LogP contribution < -0.4 is 4.90 Å². The van der Waals surface area contributed by atoms with Crippen molar-refractivity contribution >= 4 is 62.5 Å². The maximum absolute atomic E-state index is 13.7. The number of aromatic nitrogens is 2. The van der Waals surface area contributed by atoms with Crippen molar-refractivity contribution in [2.75, 3.05) is 4.90 Å². The van der Waals surface area contributed by atoms with Gasteiger partial charge in [0, 0.05) is 16.2 Å². The molecule has 0 saturated heterocycles. The third-order valence-electron chi connectivity index (χ3n) is 6.35. The molecule has 0 unspecified atom stereocenters. The lowest BCUT2D eigenvalue weighted by atomic mass is 9.95. The van der Waals surface area contributed by atoms with E-state index in [1.165, 1.54) is 33.6 Å². The second-order valence-corrected chi connectivity index (χ2v) is 11.6. The summed E-state index contributed by atoms with van der Waals surface area (Å²) < 4.78 is 6.43. The summed E-state index contributed by atoms with van der Waals surface area (Å²) in [6.45, 7) is 2.04. The van der Waals surface area contributed by atoms with Gasteiger partial charge in [-0.05, 0) is 42.3 Å². The molecular weight excluding hydrogens is 554 g/mol. The summed E-state index contributed by atoms with van der Waals surface area (Å²) in [5.74, 6) is -1.30. The number of hydrogen-bond donors (Lipinski definition) is 1. The van der Waals surface area contributed by atoms with Crippen molar-refractivity contribution in [2.24, 2.45) is 0 Å². The highest BCUT2D eigenvalue weighted by molar-refractivity contribution is 8.00. The van der Waals surface area contributed by atoms with Gasteiger partial charge in [-0.2, -0.15) is 0 Å². The zero-order valence-corrected chi connectivity index (χ0v) is 22.9. The van der Waals surface area contributed by atoms with Crippen molar-refractivity contribution in [3.8, 4) is 0 Å². The molecule has 3 aromatic carbocycles. The Morgan fingerprint density at radius 1 is 1.08 bits per heavy atom. The first-order valence-electron chi connectivity index (χ1n) is 12.0. The topological polar surface area (TPSA) is 96.5 Å². The molecule has 0 saturated carbocycles. The Morgan fingerprint density at radius 2 is 1.87 bits per heavy atom. The number of aliphatic hydroxyl groups is 1. The van der Waals surface area contributed by atoms with Crippen molar-refractivity contribution in [2.45, 2.75) is 23.1 Å². The van der Waals surface area contributed by atoms with E-state index in [2.05, 4.69) is 34.5 Å². The van der Waals surface area contributed by atoms with Crippen LogP contribution in [-0.2, 0) is 10.5 Å². The van der Waals surface area contributed by atoms with Crippen LogP contribution in [0, 0.1) is 6.92 Å². The average Bonchev–Trinajstić information content (AvgIpc) is 3.64. The van der Waals surface area contributed by atoms with Crippen LogP contribution in [-0.4, -0.2) is 27.0 Å². The Kier molecular flexibility index (Phi) is 6.72. The number of para-hydroxylation sites is 1. The second-order valence-electron chi connectivity index (χ2n) is 9.00. The smallest absolute Gasteiger partial charge is 0.296 e. The predicted octanol–water partition coefficient (Wildman–Crippen LogP) is 7.32. The van der Waals surface area contributed by atoms with Gasteiger partial charge in [-0.3, -0.25) is 14.5 Å². The quantitative estimate of drug-likeness (QED) is 0.124. The molecule has 39 heavy (non-hydrogen) atoms. The predicted molar refractivity (Wildman–Crippen MR) is 153 cm³/mol. The van der Waals surface area contributed by atoms with Crippen LogP contribution in [0.25, 0.3) is 11.0 Å². The molecule has 0 fully saturated rings. The summed E-state index contributed by atoms with van der Waals surface area (Å²) in [6.07, 6.45) is 0. The zero-order valence-electron chi connectivity index (χ0n) is 20.5. The molecule has 1 aliphatic heterocycles. The first kappa shape index (κ1) is 25.4. The maximum Gasteiger partial charge on any atom is 0.296 e. The molecule has 3 heterocycles. The van der Waals surface area contributed by atoms with E-state index in [-0.39, 0.29) is 16.5 Å². The monoisotopic (exact) mass is 573 g/mol. The van der Waals surface area contributed by atoms with Crippen molar-refractivity contribution in [1.29, 1.82) is 0 Å². The van der Waals surface area contributed by atoms with Crippen molar-refractivity contribution in [1.82, 2.24) is 10.2 Å². The number of benzene rings is 3. The summed E-state index contributed by atoms with van der Waals surface area (Å²) in [4.78, 5) is 28.5. The molecular formula is C29H20ClN3O4S2. The molecule has 1 amide bonds. The minimum atomic E-state index is -0.972. The zero-order chi connectivity index (χ0) is 27.1. The molecule has 194 valence electrons. The van der Waals surface area contributed by atoms with Gasteiger partial charge in [0.1, 0.15) is 5.58 Å². The fourth-order valence-electron chi connectivity index (χ4n) is 4.44. The van der Waals surface area contributed by atoms with Gasteiger partial charge in [0.15, 0.2) is 15.9 Å². The highest BCUT2D eigenvalue weighted by Gasteiger charge is 2.46. The van der Waals surface area contributed by atoms with E-state index in [4.69, 9.17) is 16.0 Å². The van der Waals surface area contributed by atoms with Crippen molar-refractivity contribution in [3.63, 3.8) is 0 Å². The molecule has 1 aliphatic rings. The number of aryl methyl sites for hydroxylation is 1. The number of furan rings is 1. The lowest BCUT2D eigenvalue weighted by Gasteiger charge is -2.23. The molecule has 0 radical (unpaired) electrons. The van der Waals surface area contributed by atoms with Crippen LogP contribution >= 0.6 is 34.7 Å². The molecule has 1 N–H and O–H groups in total. The van der Waals surface area contributed by atoms with Crippen LogP contribution in [0.4, 0.5) is 5.13 Å². The van der Waals surface area contributed by atoms with Crippen molar-refractivity contribution in [3.05, 3.63) is 118 Å². The number of Topliss-reactive ketones (excluding diaryl/α,β-unsaturated/α-hetero) is 1. The number of amides is 1. The normalized spacial score (nSPS) is 15.5. The summed E-state index contributed by atoms with van der Waals surface area (Å²) in [7, 11) is 0. The number of anilines is 1. The largest absolute Gasteiger partial charge is 0.503 e. The Morgan fingerprint density at radius 3 is 2.64 bits per heavy atom. The fraction of sp³-hybridized carbons (Fsp3) is 0.103. The Hall–Kier alpha value is -3.92. The van der Waals surface area contributed by atoms with Crippen LogP contribution in [0.15, 0.2) is 99.0 Å². The number of fused-ring (bicyclic) bond motifs is 1. The van der Waals surface area contributed by atoms with E-state index in [1.807, 2.05) is 19.1 Å². The Labute approximate surface area is 236 Å². The standard InChI is InChI=1S/C29H20ClN3O4S2/c1-16-9-11-17(12-10-16)15-38-29-32-31-28(39-29)33-24(19-6-4-7-20(30)13-19)23(26(35)27(33)36)25(34)22-14-18-5-2-3-8-21(18)37-22/h2-14,24,35H,15H2,1H3/t24-/m1/s1. The van der Waals surface area contributed by atoms with Gasteiger partial charge in [0.25, 0.3) is 5.91 Å². The average molecular weight is 574 g/mol. The van der Waals surface area contributed by atoms with E-state index in [0.29, 0.717) is 26.3 Å². The maximum atomic E-state index is 13.7. The lowest BCUT2D eigenvalue weighted by molar-refractivity contribution is -0.117. The molecule has 5 aromatic rings. The summed E-state index contributed by atoms with van der Waals surface area (Å²) in [6, 6.07) is 22.9. The molecule has 0 spiro atoms. The Bertz CT molecular complexity index is 1730. The van der Waals surface area contributed by atoms with Crippen LogP contribution in [0.2, 0.25) is 5.02 Å². The summed E-state index contributed by atoms with van der Waals surface area (Å²) in [5, 5.41) is 21.0. The first-order valence-corrected chi connectivity index (χ1v) is 14.1. The van der Waals surface area contributed by atoms with Gasteiger partial charge < -0.3 is 9.52 Å². The van der Waals surface area contributed by atoms with Crippen molar-refractivity contribution < 1.29 is 19.1 Å². The van der Waals surface area contributed by atoms with Gasteiger partial charge in [0.2, 0.25) is 10.9 Å². The summed E-state index contributed by atoms with van der Waals surface area (Å²) >= 11 is 9.00. The van der Waals surface area contributed by atoms with Gasteiger partial charge in [-0.25, -0.2) is 0 Å². The van der Waals surface area contributed by atoms with E-state index < -0.39 is 23.5 Å². The molecule has 7 nitrogen and oxygen atoms in total. The highest BCUT2D eigenvalue weighted by Crippen LogP contribution is 2.44. The van der Waals surface area contributed by atoms with E-state index >= 15 is 0 Å². The molecule has 10 heteroatoms. The van der Waals surface area contributed by atoms with Crippen LogP contribution in [0.1, 0.15) is 33.3 Å². The summed E-state index contributed by atoms with van der Waals surface area (Å²) in [5.41, 5.74) is 3.28. The number of carbonyl (C=O) groups is 2. The fourth-order valence-corrected chi connectivity index (χ4v) is 6.46. The van der Waals surface area contributed by atoms with E-state index in [1.54, 1.807) is 42.5 Å². The minimum absolute atomic E-state index is 0.0195. The molecule has 1 atom stereocenters. The molecule has 0 bridgehead atoms. The molecule has 0 aliphatic carbocycles. The third-order valence-corrected chi connectivity index (χ3v) is 8.71. The number of rotatable bonds is 7. The molecule has 2 aromatic heterocycles. The highest BCUT2D eigenvalue weighted by atomic mass is 35.5. The Balaban J connectivity index is 1.36. The first-order chi connectivity index (χ1) is 18.9. The van der Waals surface area contributed by atoms with Gasteiger partial charge in [-0.1, -0.05) is 94.9 Å². The SMILES string of the molecule is Cc1ccc(CSc2nnc(N3C(=O)C(O)=C(C(=O)c4cc5ccccc5o4)[C@H]3c3cccc(Cl)c3)s2)cc1. The van der Waals surface area contributed by atoms with Gasteiger partial charge in [0.05, 0.1) is 11.6 Å². The lowest BCUT2D eigenvalue weighted by Crippen LogP contribution is -2.31. The number of carbonyl (C=O) groups excluding carboxylic acids is 2. The number of halogens is 1. The third kappa shape index (κ3) is 4.85. The van der Waals surface area contributed by atoms with Crippen LogP contribution in [0.5, 0.6) is 0 Å². The van der Waals surface area contributed by atoms with E-state index in [9.17, 15) is 14.7 Å². The number of hydrogen-bond acceptors (Lipinski definition) is 8. The van der Waals surface area contributed by atoms with Gasteiger partial charge >= 0.3 is 0 Å². The second kappa shape index (κ2) is 10.3.